The van der Waals surface area contributed by atoms with Gasteiger partial charge in [0.15, 0.2) is 0 Å². The van der Waals surface area contributed by atoms with Crippen LogP contribution in [0.1, 0.15) is 161 Å². The summed E-state index contributed by atoms with van der Waals surface area (Å²) in [6.07, 6.45) is 19.0. The van der Waals surface area contributed by atoms with E-state index in [1.807, 2.05) is 13.8 Å². The van der Waals surface area contributed by atoms with Crippen LogP contribution in [-0.4, -0.2) is 23.9 Å². The fraction of sp³-hybridized carbons (Fsp3) is 0.838. The van der Waals surface area contributed by atoms with Gasteiger partial charge in [-0.2, -0.15) is 0 Å². The van der Waals surface area contributed by atoms with E-state index in [0.29, 0.717) is 5.75 Å². The third-order valence-electron chi connectivity index (χ3n) is 9.15. The molecule has 0 radical (unpaired) electrons. The highest BCUT2D eigenvalue weighted by atomic mass is 16.5. The molecule has 3 atom stereocenters. The van der Waals surface area contributed by atoms with Crippen LogP contribution >= 0.6 is 0 Å². The average molecular weight is 561 g/mol. The summed E-state index contributed by atoms with van der Waals surface area (Å²) in [5.74, 6) is 4.04. The second-order valence-electron chi connectivity index (χ2n) is 13.8. The van der Waals surface area contributed by atoms with Gasteiger partial charge in [-0.15, -0.1) is 0 Å². The highest BCUT2D eigenvalue weighted by molar-refractivity contribution is 5.58. The Morgan fingerprint density at radius 2 is 1.27 bits per heavy atom. The van der Waals surface area contributed by atoms with E-state index >= 15 is 0 Å². The lowest BCUT2D eigenvalue weighted by Crippen LogP contribution is -2.37. The minimum atomic E-state index is -0.0712. The van der Waals surface area contributed by atoms with E-state index in [9.17, 15) is 5.11 Å². The van der Waals surface area contributed by atoms with Crippen molar-refractivity contribution in [3.05, 3.63) is 22.3 Å². The van der Waals surface area contributed by atoms with E-state index in [4.69, 9.17) is 9.47 Å². The molecule has 2 rings (SSSR count). The molecule has 0 amide bonds. The topological polar surface area (TPSA) is 38.7 Å². The highest BCUT2D eigenvalue weighted by Crippen LogP contribution is 2.44. The maximum absolute atomic E-state index is 10.4. The van der Waals surface area contributed by atoms with Crippen molar-refractivity contribution in [3.8, 4) is 11.5 Å². The van der Waals surface area contributed by atoms with Crippen molar-refractivity contribution in [2.24, 2.45) is 17.8 Å². The molecule has 0 aliphatic carbocycles. The van der Waals surface area contributed by atoms with Crippen LogP contribution in [0.2, 0.25) is 0 Å². The van der Waals surface area contributed by atoms with Gasteiger partial charge in [-0.1, -0.05) is 99.3 Å². The largest absolute Gasteiger partial charge is 0.507 e. The van der Waals surface area contributed by atoms with Crippen molar-refractivity contribution < 1.29 is 14.6 Å². The van der Waals surface area contributed by atoms with Gasteiger partial charge >= 0.3 is 0 Å². The fourth-order valence-electron chi connectivity index (χ4n) is 5.87. The molecule has 0 aromatic heterocycles. The first-order valence-corrected chi connectivity index (χ1v) is 17.0. The molecule has 0 saturated carbocycles. The van der Waals surface area contributed by atoms with Crippen molar-refractivity contribution in [3.63, 3.8) is 0 Å². The zero-order chi connectivity index (χ0) is 30.1. The van der Waals surface area contributed by atoms with Gasteiger partial charge in [0.1, 0.15) is 17.1 Å². The van der Waals surface area contributed by atoms with Gasteiger partial charge in [-0.25, -0.2) is 0 Å². The Labute approximate surface area is 250 Å². The van der Waals surface area contributed by atoms with Gasteiger partial charge in [0, 0.05) is 18.8 Å². The number of phenols is 1. The minimum absolute atomic E-state index is 0.0712. The summed E-state index contributed by atoms with van der Waals surface area (Å²) in [5, 5.41) is 10.4. The van der Waals surface area contributed by atoms with Gasteiger partial charge in [0.05, 0.1) is 0 Å². The predicted octanol–water partition coefficient (Wildman–Crippen LogP) is 11.4. The Morgan fingerprint density at radius 3 is 1.80 bits per heavy atom. The monoisotopic (exact) mass is 561 g/mol. The molecule has 1 N–H and O–H groups in total. The molecule has 0 fully saturated rings. The van der Waals surface area contributed by atoms with Gasteiger partial charge in [-0.05, 0) is 101 Å². The first-order chi connectivity index (χ1) is 19.0. The molecule has 1 aromatic carbocycles. The van der Waals surface area contributed by atoms with E-state index in [1.54, 1.807) is 0 Å². The Kier molecular flexibility index (Phi) is 18.2. The zero-order valence-corrected chi connectivity index (χ0v) is 28.5. The summed E-state index contributed by atoms with van der Waals surface area (Å²) in [4.78, 5) is 0. The predicted molar refractivity (Wildman–Crippen MR) is 175 cm³/mol. The van der Waals surface area contributed by atoms with Crippen LogP contribution in [0.4, 0.5) is 0 Å². The van der Waals surface area contributed by atoms with E-state index < -0.39 is 0 Å². The molecule has 0 bridgehead atoms. The minimum Gasteiger partial charge on any atom is -0.507 e. The maximum Gasteiger partial charge on any atom is 0.127 e. The molecule has 3 heteroatoms. The number of hydrogen-bond donors (Lipinski definition) is 1. The van der Waals surface area contributed by atoms with E-state index in [0.717, 1.165) is 72.7 Å². The van der Waals surface area contributed by atoms with Crippen molar-refractivity contribution in [1.29, 1.82) is 0 Å². The van der Waals surface area contributed by atoms with Crippen LogP contribution in [0.15, 0.2) is 0 Å². The lowest BCUT2D eigenvalue weighted by atomic mass is 9.84. The number of hydrogen-bond acceptors (Lipinski definition) is 3. The Hall–Kier alpha value is -1.22. The maximum atomic E-state index is 10.4. The van der Waals surface area contributed by atoms with E-state index in [-0.39, 0.29) is 5.60 Å². The third-order valence-corrected chi connectivity index (χ3v) is 9.15. The van der Waals surface area contributed by atoms with Crippen LogP contribution in [0.25, 0.3) is 0 Å². The summed E-state index contributed by atoms with van der Waals surface area (Å²) in [6.45, 7) is 24.2. The molecule has 1 aliphatic heterocycles. The van der Waals surface area contributed by atoms with Crippen LogP contribution < -0.4 is 4.74 Å². The van der Waals surface area contributed by atoms with Crippen LogP contribution in [0, 0.1) is 38.5 Å². The second kappa shape index (κ2) is 19.8. The lowest BCUT2D eigenvalue weighted by Gasteiger charge is -2.38. The fourth-order valence-corrected chi connectivity index (χ4v) is 5.87. The van der Waals surface area contributed by atoms with Gasteiger partial charge in [0.25, 0.3) is 0 Å². The van der Waals surface area contributed by atoms with Crippen LogP contribution in [0.5, 0.6) is 11.5 Å². The summed E-state index contributed by atoms with van der Waals surface area (Å²) >= 11 is 0. The number of aromatic hydroxyl groups is 1. The first kappa shape index (κ1) is 36.8. The summed E-state index contributed by atoms with van der Waals surface area (Å²) in [6, 6.07) is 0. The van der Waals surface area contributed by atoms with Crippen LogP contribution in [-0.2, 0) is 11.2 Å². The molecule has 40 heavy (non-hydrogen) atoms. The third kappa shape index (κ3) is 13.6. The van der Waals surface area contributed by atoms with E-state index in [1.165, 1.54) is 82.6 Å². The van der Waals surface area contributed by atoms with Gasteiger partial charge in [0.2, 0.25) is 0 Å². The quantitative estimate of drug-likeness (QED) is 0.181. The smallest absolute Gasteiger partial charge is 0.127 e. The Morgan fingerprint density at radius 1 is 0.750 bits per heavy atom. The summed E-state index contributed by atoms with van der Waals surface area (Å²) in [5.41, 5.74) is 4.23. The number of phenolic OH excluding ortho intramolecular Hbond substituents is 1. The SMILES string of the molecule is CCCCOCCCC.Cc1c(C)c2c(c(C)c1O)CC[C@@](C)(CCCC(C)CCCC(C)CCCC(C)C)O2. The normalized spacial score (nSPS) is 18.1. The molecule has 1 heterocycles. The van der Waals surface area contributed by atoms with Crippen molar-refractivity contribution >= 4 is 0 Å². The van der Waals surface area contributed by atoms with Gasteiger partial charge < -0.3 is 14.6 Å². The molecule has 3 nitrogen and oxygen atoms in total. The Bertz CT molecular complexity index is 808. The molecular formula is C37H68O3. The Balaban J connectivity index is 0.000000763. The molecule has 1 aliphatic rings. The number of unbranched alkanes of at least 4 members (excludes halogenated alkanes) is 2. The van der Waals surface area contributed by atoms with Crippen molar-refractivity contribution in [2.45, 2.75) is 171 Å². The molecule has 234 valence electrons. The number of fused-ring (bicyclic) bond motifs is 1. The molecule has 0 saturated heterocycles. The molecule has 2 unspecified atom stereocenters. The average Bonchev–Trinajstić information content (AvgIpc) is 2.90. The molecular weight excluding hydrogens is 492 g/mol. The number of benzene rings is 1. The molecule has 1 aromatic rings. The second-order valence-corrected chi connectivity index (χ2v) is 13.8. The highest BCUT2D eigenvalue weighted by Gasteiger charge is 2.34. The van der Waals surface area contributed by atoms with Crippen molar-refractivity contribution in [2.75, 3.05) is 13.2 Å². The molecule has 0 spiro atoms. The number of rotatable bonds is 18. The standard InChI is InChI=1S/C29H50O2.C8H18O/c1-20(2)12-9-13-21(3)14-10-15-22(4)16-11-18-29(8)19-17-26-25(7)27(30)23(5)24(6)28(26)31-29;1-3-5-7-9-8-6-4-2/h20-22,30H,9-19H2,1-8H3;3-8H2,1-2H3/t21?,22?,29-;/m1./s1. The lowest BCUT2D eigenvalue weighted by molar-refractivity contribution is 0.0512. The zero-order valence-electron chi connectivity index (χ0n) is 28.5. The van der Waals surface area contributed by atoms with E-state index in [2.05, 4.69) is 55.4 Å². The van der Waals surface area contributed by atoms with Crippen LogP contribution in [0.3, 0.4) is 0 Å². The number of ether oxygens (including phenoxy) is 2. The van der Waals surface area contributed by atoms with Crippen molar-refractivity contribution in [1.82, 2.24) is 0 Å². The van der Waals surface area contributed by atoms with Gasteiger partial charge in [-0.3, -0.25) is 0 Å². The first-order valence-electron chi connectivity index (χ1n) is 17.0. The summed E-state index contributed by atoms with van der Waals surface area (Å²) < 4.78 is 11.9. The summed E-state index contributed by atoms with van der Waals surface area (Å²) in [7, 11) is 0.